The van der Waals surface area contributed by atoms with Gasteiger partial charge in [-0.05, 0) is 51.1 Å². The fourth-order valence-corrected chi connectivity index (χ4v) is 3.85. The first-order valence-corrected chi connectivity index (χ1v) is 9.82. The van der Waals surface area contributed by atoms with Crippen molar-refractivity contribution in [1.82, 2.24) is 9.55 Å². The third-order valence-electron chi connectivity index (χ3n) is 5.12. The molecular formula is C23H25N3O4. The van der Waals surface area contributed by atoms with Gasteiger partial charge in [-0.2, -0.15) is 0 Å². The summed E-state index contributed by atoms with van der Waals surface area (Å²) in [6.45, 7) is 5.53. The van der Waals surface area contributed by atoms with Crippen LogP contribution in [0.3, 0.4) is 0 Å². The van der Waals surface area contributed by atoms with E-state index in [0.29, 0.717) is 28.7 Å². The Balaban J connectivity index is 2.01. The van der Waals surface area contributed by atoms with Gasteiger partial charge in [0.25, 0.3) is 0 Å². The number of imidazole rings is 1. The minimum absolute atomic E-state index is 0.244. The van der Waals surface area contributed by atoms with Gasteiger partial charge in [0, 0.05) is 11.3 Å². The van der Waals surface area contributed by atoms with Crippen molar-refractivity contribution in [3.05, 3.63) is 59.3 Å². The Morgan fingerprint density at radius 3 is 2.60 bits per heavy atom. The van der Waals surface area contributed by atoms with Crippen molar-refractivity contribution >= 4 is 23.0 Å². The number of allylic oxidation sites excluding steroid dienone is 1. The maximum Gasteiger partial charge on any atom is 0.338 e. The van der Waals surface area contributed by atoms with Crippen LogP contribution in [0.4, 0.5) is 5.95 Å². The van der Waals surface area contributed by atoms with Crippen LogP contribution in [0.2, 0.25) is 0 Å². The van der Waals surface area contributed by atoms with Crippen molar-refractivity contribution in [3.8, 4) is 11.5 Å². The summed E-state index contributed by atoms with van der Waals surface area (Å²) in [5.41, 5.74) is 3.72. The van der Waals surface area contributed by atoms with Gasteiger partial charge in [0.1, 0.15) is 11.5 Å². The Kier molecular flexibility index (Phi) is 5.11. The first-order chi connectivity index (χ1) is 14.4. The number of carbonyl (C=O) groups is 1. The Labute approximate surface area is 175 Å². The molecule has 0 saturated carbocycles. The lowest BCUT2D eigenvalue weighted by Gasteiger charge is -2.31. The zero-order valence-electron chi connectivity index (χ0n) is 17.7. The summed E-state index contributed by atoms with van der Waals surface area (Å²) in [4.78, 5) is 17.9. The number of methoxy groups -OCH3 is 2. The fourth-order valence-electron chi connectivity index (χ4n) is 3.85. The molecule has 2 aromatic carbocycles. The molecule has 0 saturated heterocycles. The van der Waals surface area contributed by atoms with Crippen LogP contribution in [0.5, 0.6) is 11.5 Å². The van der Waals surface area contributed by atoms with Crippen LogP contribution < -0.4 is 14.8 Å². The Hall–Kier alpha value is -3.48. The van der Waals surface area contributed by atoms with Crippen molar-refractivity contribution in [2.45, 2.75) is 32.9 Å². The summed E-state index contributed by atoms with van der Waals surface area (Å²) in [5, 5.41) is 3.28. The third-order valence-corrected chi connectivity index (χ3v) is 5.12. The van der Waals surface area contributed by atoms with Crippen LogP contribution in [-0.4, -0.2) is 35.8 Å². The lowest BCUT2D eigenvalue weighted by Crippen LogP contribution is -2.30. The van der Waals surface area contributed by atoms with Gasteiger partial charge in [-0.15, -0.1) is 0 Å². The highest BCUT2D eigenvalue weighted by Gasteiger charge is 2.37. The highest BCUT2D eigenvalue weighted by molar-refractivity contribution is 5.94. The maximum absolute atomic E-state index is 13.2. The number of carbonyl (C=O) groups excluding carboxylic acids is 1. The number of hydrogen-bond acceptors (Lipinski definition) is 6. The quantitative estimate of drug-likeness (QED) is 0.636. The van der Waals surface area contributed by atoms with E-state index in [0.717, 1.165) is 16.6 Å². The van der Waals surface area contributed by atoms with Gasteiger partial charge in [0.2, 0.25) is 5.95 Å². The Morgan fingerprint density at radius 1 is 1.13 bits per heavy atom. The van der Waals surface area contributed by atoms with Crippen molar-refractivity contribution in [1.29, 1.82) is 0 Å². The van der Waals surface area contributed by atoms with Crippen molar-refractivity contribution < 1.29 is 19.0 Å². The van der Waals surface area contributed by atoms with Crippen LogP contribution >= 0.6 is 0 Å². The maximum atomic E-state index is 13.2. The van der Waals surface area contributed by atoms with Crippen molar-refractivity contribution in [2.75, 3.05) is 19.5 Å². The van der Waals surface area contributed by atoms with Crippen molar-refractivity contribution in [3.63, 3.8) is 0 Å². The van der Waals surface area contributed by atoms with E-state index < -0.39 is 6.04 Å². The molecule has 0 fully saturated rings. The van der Waals surface area contributed by atoms with Crippen molar-refractivity contribution in [2.24, 2.45) is 0 Å². The topological polar surface area (TPSA) is 74.6 Å². The summed E-state index contributed by atoms with van der Waals surface area (Å²) in [6, 6.07) is 12.9. The second-order valence-corrected chi connectivity index (χ2v) is 7.42. The molecule has 7 nitrogen and oxygen atoms in total. The zero-order valence-corrected chi connectivity index (χ0v) is 17.7. The second kappa shape index (κ2) is 7.74. The fraction of sp³-hybridized carbons (Fsp3) is 0.304. The largest absolute Gasteiger partial charge is 0.497 e. The molecule has 0 spiro atoms. The highest BCUT2D eigenvalue weighted by atomic mass is 16.5. The third kappa shape index (κ3) is 3.26. The van der Waals surface area contributed by atoms with E-state index in [1.54, 1.807) is 14.2 Å². The SMILES string of the molecule is COc1ccc(OC)c(C2C(C(=O)OC(C)C)=C(C)Nc3nc4ccccc4n32)c1. The van der Waals surface area contributed by atoms with E-state index in [1.165, 1.54) is 0 Å². The molecule has 2 heterocycles. The molecule has 7 heteroatoms. The molecule has 1 aliphatic rings. The number of fused-ring (bicyclic) bond motifs is 3. The summed E-state index contributed by atoms with van der Waals surface area (Å²) >= 11 is 0. The van der Waals surface area contributed by atoms with E-state index in [1.807, 2.05) is 67.8 Å². The van der Waals surface area contributed by atoms with Gasteiger partial charge >= 0.3 is 5.97 Å². The molecule has 0 bridgehead atoms. The standard InChI is InChI=1S/C23H25N3O4/c1-13(2)30-22(27)20-14(3)24-23-25-17-8-6-7-9-18(17)26(23)21(20)16-12-15(28-4)10-11-19(16)29-5/h6-13,21H,1-5H3,(H,24,25). The lowest BCUT2D eigenvalue weighted by molar-refractivity contribution is -0.143. The smallest absolute Gasteiger partial charge is 0.338 e. The minimum atomic E-state index is -0.495. The minimum Gasteiger partial charge on any atom is -0.497 e. The summed E-state index contributed by atoms with van der Waals surface area (Å²) in [6.07, 6.45) is -0.244. The zero-order chi connectivity index (χ0) is 21.4. The summed E-state index contributed by atoms with van der Waals surface area (Å²) in [7, 11) is 3.23. The van der Waals surface area contributed by atoms with E-state index in [-0.39, 0.29) is 12.1 Å². The van der Waals surface area contributed by atoms with Crippen LogP contribution in [0.15, 0.2) is 53.7 Å². The van der Waals surface area contributed by atoms with Gasteiger partial charge in [-0.25, -0.2) is 9.78 Å². The number of anilines is 1. The monoisotopic (exact) mass is 407 g/mol. The van der Waals surface area contributed by atoms with Gasteiger partial charge in [-0.1, -0.05) is 12.1 Å². The Morgan fingerprint density at radius 2 is 1.90 bits per heavy atom. The van der Waals surface area contributed by atoms with E-state index >= 15 is 0 Å². The lowest BCUT2D eigenvalue weighted by atomic mass is 9.94. The van der Waals surface area contributed by atoms with Crippen LogP contribution in [-0.2, 0) is 9.53 Å². The highest BCUT2D eigenvalue weighted by Crippen LogP contribution is 2.43. The van der Waals surface area contributed by atoms with E-state index in [2.05, 4.69) is 5.32 Å². The van der Waals surface area contributed by atoms with Gasteiger partial charge < -0.3 is 19.5 Å². The molecule has 30 heavy (non-hydrogen) atoms. The number of benzene rings is 2. The molecule has 1 N–H and O–H groups in total. The average Bonchev–Trinajstić information content (AvgIpc) is 3.09. The number of para-hydroxylation sites is 2. The van der Waals surface area contributed by atoms with Crippen LogP contribution in [0, 0.1) is 0 Å². The predicted molar refractivity (Wildman–Crippen MR) is 115 cm³/mol. The number of nitrogens with one attached hydrogen (secondary N) is 1. The summed E-state index contributed by atoms with van der Waals surface area (Å²) in [5.74, 6) is 1.59. The number of esters is 1. The van der Waals surface area contributed by atoms with Crippen LogP contribution in [0.25, 0.3) is 11.0 Å². The number of ether oxygens (including phenoxy) is 3. The number of aromatic nitrogens is 2. The number of rotatable bonds is 5. The molecule has 1 unspecified atom stereocenters. The molecule has 156 valence electrons. The molecule has 4 rings (SSSR count). The first kappa shape index (κ1) is 19.8. The molecule has 0 radical (unpaired) electrons. The Bertz CT molecular complexity index is 1150. The van der Waals surface area contributed by atoms with E-state index in [9.17, 15) is 4.79 Å². The van der Waals surface area contributed by atoms with E-state index in [4.69, 9.17) is 19.2 Å². The predicted octanol–water partition coefficient (Wildman–Crippen LogP) is 4.29. The average molecular weight is 407 g/mol. The van der Waals surface area contributed by atoms with Gasteiger partial charge in [0.05, 0.1) is 43.0 Å². The second-order valence-electron chi connectivity index (χ2n) is 7.42. The molecule has 0 aliphatic carbocycles. The molecular weight excluding hydrogens is 382 g/mol. The van der Waals surface area contributed by atoms with Gasteiger partial charge in [-0.3, -0.25) is 4.57 Å². The molecule has 3 aromatic rings. The van der Waals surface area contributed by atoms with Crippen LogP contribution in [0.1, 0.15) is 32.4 Å². The molecule has 1 atom stereocenters. The molecule has 1 aromatic heterocycles. The normalized spacial score (nSPS) is 15.7. The molecule has 1 aliphatic heterocycles. The summed E-state index contributed by atoms with van der Waals surface area (Å²) < 4.78 is 18.7. The molecule has 0 amide bonds. The number of nitrogens with zero attached hydrogens (tertiary/aromatic N) is 2. The number of hydrogen-bond donors (Lipinski definition) is 1. The first-order valence-electron chi connectivity index (χ1n) is 9.82. The van der Waals surface area contributed by atoms with Gasteiger partial charge in [0.15, 0.2) is 0 Å².